The van der Waals surface area contributed by atoms with E-state index in [-0.39, 0.29) is 6.04 Å². The summed E-state index contributed by atoms with van der Waals surface area (Å²) in [5, 5.41) is 0.799. The molecule has 0 bridgehead atoms. The van der Waals surface area contributed by atoms with Crippen molar-refractivity contribution >= 4 is 11.6 Å². The van der Waals surface area contributed by atoms with Crippen LogP contribution in [0.4, 0.5) is 0 Å². The monoisotopic (exact) mass is 282 g/mol. The van der Waals surface area contributed by atoms with E-state index in [1.165, 1.54) is 44.9 Å². The van der Waals surface area contributed by atoms with Crippen molar-refractivity contribution in [2.75, 3.05) is 0 Å². The zero-order valence-electron chi connectivity index (χ0n) is 12.0. The summed E-state index contributed by atoms with van der Waals surface area (Å²) in [6.07, 6.45) is 10.3. The van der Waals surface area contributed by atoms with Crippen LogP contribution in [0.25, 0.3) is 0 Å². The minimum atomic E-state index is 0.171. The quantitative estimate of drug-likeness (QED) is 0.361. The van der Waals surface area contributed by atoms with Crippen LogP contribution in [-0.2, 0) is 0 Å². The third kappa shape index (κ3) is 6.42. The summed E-state index contributed by atoms with van der Waals surface area (Å²) < 4.78 is 0. The first-order chi connectivity index (χ1) is 9.29. The molecule has 0 radical (unpaired) electrons. The molecule has 0 saturated heterocycles. The largest absolute Gasteiger partial charge is 0.271 e. The number of nitrogens with two attached hydrogens (primary N) is 1. The Morgan fingerprint density at radius 1 is 1.05 bits per heavy atom. The summed E-state index contributed by atoms with van der Waals surface area (Å²) in [5.74, 6) is 5.65. The average molecular weight is 283 g/mol. The van der Waals surface area contributed by atoms with Crippen molar-refractivity contribution in [3.05, 3.63) is 34.9 Å². The van der Waals surface area contributed by atoms with Gasteiger partial charge in [-0.15, -0.1) is 0 Å². The third-order valence-electron chi connectivity index (χ3n) is 3.58. The van der Waals surface area contributed by atoms with Crippen LogP contribution >= 0.6 is 11.6 Å². The Bertz CT molecular complexity index is 341. The van der Waals surface area contributed by atoms with Crippen molar-refractivity contribution in [2.45, 2.75) is 64.3 Å². The van der Waals surface area contributed by atoms with Crippen molar-refractivity contribution in [3.63, 3.8) is 0 Å². The van der Waals surface area contributed by atoms with E-state index in [2.05, 4.69) is 12.3 Å². The molecule has 2 nitrogen and oxygen atoms in total. The Balaban J connectivity index is 2.24. The maximum Gasteiger partial charge on any atom is 0.0474 e. The second-order valence-electron chi connectivity index (χ2n) is 5.15. The van der Waals surface area contributed by atoms with Crippen molar-refractivity contribution in [2.24, 2.45) is 5.84 Å². The molecule has 19 heavy (non-hydrogen) atoms. The summed E-state index contributed by atoms with van der Waals surface area (Å²) in [7, 11) is 0. The van der Waals surface area contributed by atoms with E-state index >= 15 is 0 Å². The predicted molar refractivity (Wildman–Crippen MR) is 84.1 cm³/mol. The number of hydrogen-bond donors (Lipinski definition) is 2. The molecule has 0 aliphatic rings. The molecule has 3 heteroatoms. The van der Waals surface area contributed by atoms with Crippen molar-refractivity contribution < 1.29 is 0 Å². The van der Waals surface area contributed by atoms with E-state index in [0.717, 1.165) is 17.0 Å². The highest BCUT2D eigenvalue weighted by atomic mass is 35.5. The number of halogens is 1. The zero-order chi connectivity index (χ0) is 13.9. The predicted octanol–water partition coefficient (Wildman–Crippen LogP) is 4.99. The lowest BCUT2D eigenvalue weighted by Crippen LogP contribution is -2.28. The fourth-order valence-electron chi connectivity index (χ4n) is 2.39. The van der Waals surface area contributed by atoms with E-state index in [0.29, 0.717) is 0 Å². The molecule has 1 unspecified atom stereocenters. The van der Waals surface area contributed by atoms with Crippen LogP contribution in [-0.4, -0.2) is 0 Å². The van der Waals surface area contributed by atoms with E-state index in [1.54, 1.807) is 0 Å². The molecule has 108 valence electrons. The summed E-state index contributed by atoms with van der Waals surface area (Å²) in [6.45, 7) is 2.25. The number of hydrazine groups is 1. The van der Waals surface area contributed by atoms with Gasteiger partial charge in [-0.25, -0.2) is 0 Å². The molecule has 0 spiro atoms. The minimum Gasteiger partial charge on any atom is -0.271 e. The fraction of sp³-hybridized carbons (Fsp3) is 0.625. The molecule has 0 fully saturated rings. The normalized spacial score (nSPS) is 12.6. The summed E-state index contributed by atoms with van der Waals surface area (Å²) in [6, 6.07) is 8.10. The van der Waals surface area contributed by atoms with Gasteiger partial charge in [0.05, 0.1) is 0 Å². The van der Waals surface area contributed by atoms with Gasteiger partial charge >= 0.3 is 0 Å². The zero-order valence-corrected chi connectivity index (χ0v) is 12.8. The molecule has 3 N–H and O–H groups in total. The van der Waals surface area contributed by atoms with Gasteiger partial charge in [0, 0.05) is 11.1 Å². The molecule has 0 aromatic heterocycles. The number of unbranched alkanes of at least 4 members (excludes halogenated alkanes) is 6. The lowest BCUT2D eigenvalue weighted by atomic mass is 10.00. The standard InChI is InChI=1S/C16H27ClN2/c1-2-3-4-5-6-7-8-13-16(19-18)14-11-9-10-12-15(14)17/h9-12,16,19H,2-8,13,18H2,1H3. The second kappa shape index (κ2) is 10.2. The maximum atomic E-state index is 6.20. The average Bonchev–Trinajstić information content (AvgIpc) is 2.43. The van der Waals surface area contributed by atoms with Crippen molar-refractivity contribution in [3.8, 4) is 0 Å². The van der Waals surface area contributed by atoms with E-state index in [1.807, 2.05) is 24.3 Å². The SMILES string of the molecule is CCCCCCCCCC(NN)c1ccccc1Cl. The number of rotatable bonds is 10. The van der Waals surface area contributed by atoms with Gasteiger partial charge in [-0.1, -0.05) is 81.7 Å². The van der Waals surface area contributed by atoms with Gasteiger partial charge < -0.3 is 0 Å². The van der Waals surface area contributed by atoms with E-state index in [9.17, 15) is 0 Å². The van der Waals surface area contributed by atoms with Crippen LogP contribution in [0.5, 0.6) is 0 Å². The highest BCUT2D eigenvalue weighted by molar-refractivity contribution is 6.31. The van der Waals surface area contributed by atoms with Crippen molar-refractivity contribution in [1.82, 2.24) is 5.43 Å². The Morgan fingerprint density at radius 2 is 1.68 bits per heavy atom. The number of hydrogen-bond acceptors (Lipinski definition) is 2. The first kappa shape index (κ1) is 16.5. The minimum absolute atomic E-state index is 0.171. The molecule has 1 atom stereocenters. The van der Waals surface area contributed by atoms with Gasteiger partial charge in [-0.3, -0.25) is 11.3 Å². The van der Waals surface area contributed by atoms with Crippen molar-refractivity contribution in [1.29, 1.82) is 0 Å². The van der Waals surface area contributed by atoms with Crippen LogP contribution in [0.1, 0.15) is 69.9 Å². The van der Waals surface area contributed by atoms with Gasteiger partial charge in [-0.05, 0) is 18.1 Å². The van der Waals surface area contributed by atoms with Gasteiger partial charge in [0.25, 0.3) is 0 Å². The van der Waals surface area contributed by atoms with Crippen LogP contribution in [0.3, 0.4) is 0 Å². The van der Waals surface area contributed by atoms with Crippen LogP contribution < -0.4 is 11.3 Å². The molecule has 0 saturated carbocycles. The van der Waals surface area contributed by atoms with Crippen LogP contribution in [0.15, 0.2) is 24.3 Å². The number of nitrogens with one attached hydrogen (secondary N) is 1. The summed E-state index contributed by atoms with van der Waals surface area (Å²) in [4.78, 5) is 0. The van der Waals surface area contributed by atoms with Gasteiger partial charge in [-0.2, -0.15) is 0 Å². The Hall–Kier alpha value is -0.570. The van der Waals surface area contributed by atoms with Crippen LogP contribution in [0.2, 0.25) is 5.02 Å². The highest BCUT2D eigenvalue weighted by Gasteiger charge is 2.11. The van der Waals surface area contributed by atoms with Gasteiger partial charge in [0.15, 0.2) is 0 Å². The maximum absolute atomic E-state index is 6.20. The van der Waals surface area contributed by atoms with E-state index < -0.39 is 0 Å². The molecule has 0 aliphatic heterocycles. The highest BCUT2D eigenvalue weighted by Crippen LogP contribution is 2.26. The summed E-state index contributed by atoms with van der Waals surface area (Å²) in [5.41, 5.74) is 3.99. The Morgan fingerprint density at radius 3 is 2.32 bits per heavy atom. The molecule has 0 heterocycles. The first-order valence-corrected chi connectivity index (χ1v) is 7.88. The fourth-order valence-corrected chi connectivity index (χ4v) is 2.66. The lowest BCUT2D eigenvalue weighted by Gasteiger charge is -2.17. The topological polar surface area (TPSA) is 38.0 Å². The summed E-state index contributed by atoms with van der Waals surface area (Å²) >= 11 is 6.20. The smallest absolute Gasteiger partial charge is 0.0474 e. The second-order valence-corrected chi connectivity index (χ2v) is 5.56. The molecular weight excluding hydrogens is 256 g/mol. The number of benzene rings is 1. The Labute approximate surface area is 122 Å². The molecule has 1 rings (SSSR count). The van der Waals surface area contributed by atoms with Gasteiger partial charge in [0.1, 0.15) is 0 Å². The first-order valence-electron chi connectivity index (χ1n) is 7.50. The Kier molecular flexibility index (Phi) is 8.89. The molecular formula is C16H27ClN2. The third-order valence-corrected chi connectivity index (χ3v) is 3.92. The molecule has 1 aromatic rings. The molecule has 0 amide bonds. The van der Waals surface area contributed by atoms with E-state index in [4.69, 9.17) is 17.4 Å². The molecule has 1 aromatic carbocycles. The van der Waals surface area contributed by atoms with Crippen LogP contribution in [0, 0.1) is 0 Å². The van der Waals surface area contributed by atoms with Gasteiger partial charge in [0.2, 0.25) is 0 Å². The lowest BCUT2D eigenvalue weighted by molar-refractivity contribution is 0.476. The molecule has 0 aliphatic carbocycles.